The van der Waals surface area contributed by atoms with Gasteiger partial charge in [-0.15, -0.1) is 11.8 Å². The third-order valence-corrected chi connectivity index (χ3v) is 12.4. The largest absolute Gasteiger partial charge is 0.508 e. The van der Waals surface area contributed by atoms with Crippen molar-refractivity contribution in [2.75, 3.05) is 23.9 Å². The Morgan fingerprint density at radius 1 is 0.978 bits per heavy atom. The number of anilines is 2. The lowest BCUT2D eigenvalue weighted by Crippen LogP contribution is -2.42. The maximum absolute atomic E-state index is 14.0. The van der Waals surface area contributed by atoms with Gasteiger partial charge in [0.1, 0.15) is 17.2 Å². The normalized spacial score (nSPS) is 27.2. The number of nitrogens with zero attached hydrogens (tertiary/aromatic N) is 1. The smallest absolute Gasteiger partial charge is 0.305 e. The molecule has 12 heteroatoms. The number of ether oxygens (including phenoxy) is 2. The van der Waals surface area contributed by atoms with E-state index >= 15 is 0 Å². The highest BCUT2D eigenvalue weighted by Gasteiger charge is 2.69. The summed E-state index contributed by atoms with van der Waals surface area (Å²) in [7, 11) is 1.57. The number of H-pyrrole nitrogens is 1. The number of aromatic nitrogens is 1. The highest BCUT2D eigenvalue weighted by Crippen LogP contribution is 2.68. The lowest BCUT2D eigenvalue weighted by atomic mass is 9.68. The van der Waals surface area contributed by atoms with Crippen LogP contribution in [-0.2, 0) is 14.4 Å². The molecule has 3 N–H and O–H groups in total. The van der Waals surface area contributed by atoms with Gasteiger partial charge in [0.2, 0.25) is 11.8 Å². The fraction of sp³-hybridized carbons (Fsp3) is 0.294. The number of amides is 3. The topological polar surface area (TPSA) is 138 Å². The number of thioether (sulfide) groups is 1. The lowest BCUT2D eigenvalue weighted by molar-refractivity contribution is -0.123. The third kappa shape index (κ3) is 4.61. The zero-order valence-corrected chi connectivity index (χ0v) is 26.2. The van der Waals surface area contributed by atoms with E-state index in [0.717, 1.165) is 21.9 Å². The van der Waals surface area contributed by atoms with Crippen LogP contribution in [0.4, 0.5) is 11.4 Å². The number of hydrogen-bond acceptors (Lipinski definition) is 9. The number of rotatable bonds is 7. The first-order valence-corrected chi connectivity index (χ1v) is 16.7. The summed E-state index contributed by atoms with van der Waals surface area (Å²) in [5.74, 6) is -0.329. The molecule has 3 amide bonds. The van der Waals surface area contributed by atoms with Crippen LogP contribution in [-0.4, -0.2) is 46.8 Å². The monoisotopic (exact) mass is 655 g/mol. The fourth-order valence-corrected chi connectivity index (χ4v) is 11.0. The van der Waals surface area contributed by atoms with Crippen LogP contribution in [0.25, 0.3) is 0 Å². The summed E-state index contributed by atoms with van der Waals surface area (Å²) < 4.78 is 11.2. The average Bonchev–Trinajstić information content (AvgIpc) is 3.80. The average molecular weight is 656 g/mol. The SMILES string of the molecule is COc1ccc(N2C(=O)C3C4CC(C3C2=O)C2C4Sc3[nH]c(=O)sc3[C@@H]2c2cccc(OCC(=O)Nc3ccc(O)cc3)c2)cc1. The van der Waals surface area contributed by atoms with Crippen LogP contribution in [0.2, 0.25) is 0 Å². The molecular weight excluding hydrogens is 627 g/mol. The summed E-state index contributed by atoms with van der Waals surface area (Å²) >= 11 is 2.84. The van der Waals surface area contributed by atoms with E-state index in [9.17, 15) is 24.3 Å². The van der Waals surface area contributed by atoms with E-state index in [1.54, 1.807) is 61.3 Å². The number of aromatic hydroxyl groups is 1. The molecule has 2 aliphatic carbocycles. The van der Waals surface area contributed by atoms with Crippen molar-refractivity contribution in [1.29, 1.82) is 0 Å². The van der Waals surface area contributed by atoms with Gasteiger partial charge in [0.15, 0.2) is 6.61 Å². The number of imide groups is 1. The van der Waals surface area contributed by atoms with Crippen molar-refractivity contribution < 1.29 is 29.0 Å². The molecular formula is C34H29N3O7S2. The first-order chi connectivity index (χ1) is 22.3. The van der Waals surface area contributed by atoms with E-state index in [1.165, 1.54) is 28.4 Å². The summed E-state index contributed by atoms with van der Waals surface area (Å²) in [6.07, 6.45) is 0.787. The quantitative estimate of drug-likeness (QED) is 0.190. The second kappa shape index (κ2) is 11.1. The molecule has 4 aliphatic rings. The Morgan fingerprint density at radius 3 is 2.46 bits per heavy atom. The number of nitrogens with one attached hydrogen (secondary N) is 2. The van der Waals surface area contributed by atoms with Gasteiger partial charge in [-0.1, -0.05) is 23.5 Å². The Kier molecular flexibility index (Phi) is 6.95. The van der Waals surface area contributed by atoms with Crippen LogP contribution < -0.4 is 24.6 Å². The van der Waals surface area contributed by atoms with E-state index in [0.29, 0.717) is 22.9 Å². The first kappa shape index (κ1) is 28.9. The van der Waals surface area contributed by atoms with Crippen molar-refractivity contribution in [3.05, 3.63) is 92.9 Å². The molecule has 7 atom stereocenters. The minimum absolute atomic E-state index is 0.00628. The second-order valence-corrected chi connectivity index (χ2v) is 14.3. The van der Waals surface area contributed by atoms with Crippen molar-refractivity contribution in [1.82, 2.24) is 4.98 Å². The zero-order chi connectivity index (χ0) is 31.7. The van der Waals surface area contributed by atoms with E-state index in [2.05, 4.69) is 10.3 Å². The van der Waals surface area contributed by atoms with Crippen molar-refractivity contribution in [3.8, 4) is 17.2 Å². The van der Waals surface area contributed by atoms with Crippen LogP contribution in [0.5, 0.6) is 17.2 Å². The number of phenols is 1. The van der Waals surface area contributed by atoms with Crippen LogP contribution in [0.15, 0.2) is 82.6 Å². The van der Waals surface area contributed by atoms with Gasteiger partial charge in [-0.2, -0.15) is 0 Å². The lowest BCUT2D eigenvalue weighted by Gasteiger charge is -2.43. The molecule has 4 aromatic rings. The molecule has 2 aliphatic heterocycles. The molecule has 0 radical (unpaired) electrons. The first-order valence-electron chi connectivity index (χ1n) is 15.0. The third-order valence-electron chi connectivity index (χ3n) is 9.79. The molecule has 1 aromatic heterocycles. The number of phenolic OH excluding ortho intramolecular Hbond substituents is 1. The molecule has 3 fully saturated rings. The van der Waals surface area contributed by atoms with Gasteiger partial charge in [0.25, 0.3) is 5.91 Å². The number of methoxy groups -OCH3 is 1. The van der Waals surface area contributed by atoms with Crippen molar-refractivity contribution >= 4 is 52.2 Å². The number of thiazole rings is 1. The van der Waals surface area contributed by atoms with E-state index in [-0.39, 0.29) is 69.8 Å². The predicted octanol–water partition coefficient (Wildman–Crippen LogP) is 4.85. The van der Waals surface area contributed by atoms with E-state index in [1.807, 2.05) is 18.2 Å². The summed E-state index contributed by atoms with van der Waals surface area (Å²) in [6.45, 7) is -0.216. The van der Waals surface area contributed by atoms with Crippen molar-refractivity contribution in [2.45, 2.75) is 22.6 Å². The van der Waals surface area contributed by atoms with Gasteiger partial charge in [-0.05, 0) is 90.4 Å². The maximum atomic E-state index is 14.0. The Balaban J connectivity index is 1.08. The maximum Gasteiger partial charge on any atom is 0.305 e. The summed E-state index contributed by atoms with van der Waals surface area (Å²) in [6, 6.07) is 20.8. The Bertz CT molecular complexity index is 1920. The number of carbonyl (C=O) groups excluding carboxylic acids is 3. The fourth-order valence-electron chi connectivity index (χ4n) is 8.06. The predicted molar refractivity (Wildman–Crippen MR) is 173 cm³/mol. The van der Waals surface area contributed by atoms with Crippen LogP contribution in [0.3, 0.4) is 0 Å². The van der Waals surface area contributed by atoms with Gasteiger partial charge in [-0.3, -0.25) is 24.1 Å². The summed E-state index contributed by atoms with van der Waals surface area (Å²) in [5.41, 5.74) is 2.04. The van der Waals surface area contributed by atoms with Crippen molar-refractivity contribution in [3.63, 3.8) is 0 Å². The Labute approximate surface area is 271 Å². The standard InChI is InChI=1S/C34H29N3O7S2/c1-43-20-11-7-18(8-12-20)37-32(40)27-22-14-23(28(27)33(37)41)29-26(22)25(30-31(45-29)36-34(42)46-30)16-3-2-4-21(13-16)44-15-24(39)35-17-5-9-19(38)10-6-17/h2-13,22-23,25-29,38H,14-15H2,1H3,(H,35,39)(H,36,42)/t22?,23?,25-,26?,27?,28?,29?/m1/s1. The van der Waals surface area contributed by atoms with Crippen molar-refractivity contribution in [2.24, 2.45) is 29.6 Å². The zero-order valence-electron chi connectivity index (χ0n) is 24.5. The molecule has 1 saturated heterocycles. The molecule has 234 valence electrons. The molecule has 6 unspecified atom stereocenters. The molecule has 8 rings (SSSR count). The molecule has 3 aromatic carbocycles. The molecule has 3 heterocycles. The van der Waals surface area contributed by atoms with Gasteiger partial charge in [0, 0.05) is 21.7 Å². The van der Waals surface area contributed by atoms with Crippen LogP contribution in [0.1, 0.15) is 22.8 Å². The highest BCUT2D eigenvalue weighted by atomic mass is 32.2. The minimum Gasteiger partial charge on any atom is -0.508 e. The number of fused-ring (bicyclic) bond motifs is 9. The Morgan fingerprint density at radius 2 is 1.72 bits per heavy atom. The number of benzene rings is 3. The van der Waals surface area contributed by atoms with Gasteiger partial charge in [0.05, 0.1) is 29.7 Å². The van der Waals surface area contributed by atoms with Crippen LogP contribution in [0, 0.1) is 29.6 Å². The minimum atomic E-state index is -0.413. The van der Waals surface area contributed by atoms with Gasteiger partial charge >= 0.3 is 4.87 Å². The molecule has 46 heavy (non-hydrogen) atoms. The van der Waals surface area contributed by atoms with Gasteiger partial charge in [-0.25, -0.2) is 0 Å². The molecule has 10 nitrogen and oxygen atoms in total. The number of carbonyl (C=O) groups is 3. The Hall–Kier alpha value is -4.55. The van der Waals surface area contributed by atoms with Gasteiger partial charge < -0.3 is 24.9 Å². The number of hydrogen-bond donors (Lipinski definition) is 3. The highest BCUT2D eigenvalue weighted by molar-refractivity contribution is 8.00. The molecule has 2 saturated carbocycles. The molecule has 2 bridgehead atoms. The number of aromatic amines is 1. The molecule has 0 spiro atoms. The second-order valence-electron chi connectivity index (χ2n) is 12.1. The summed E-state index contributed by atoms with van der Waals surface area (Å²) in [5, 5.41) is 13.1. The van der Waals surface area contributed by atoms with Crippen LogP contribution >= 0.6 is 23.1 Å². The summed E-state index contributed by atoms with van der Waals surface area (Å²) in [4.78, 5) is 58.3. The van der Waals surface area contributed by atoms with E-state index in [4.69, 9.17) is 9.47 Å². The van der Waals surface area contributed by atoms with E-state index < -0.39 is 5.92 Å².